The van der Waals surface area contributed by atoms with E-state index in [2.05, 4.69) is 4.42 Å². The van der Waals surface area contributed by atoms with Crippen molar-refractivity contribution in [3.63, 3.8) is 0 Å². The molecule has 1 rings (SSSR count). The van der Waals surface area contributed by atoms with Crippen LogP contribution in [-0.2, 0) is 0 Å². The second-order valence-corrected chi connectivity index (χ2v) is 1.05. The Morgan fingerprint density at radius 2 is 2.71 bits per heavy atom. The monoisotopic (exact) mass is 97.0 g/mol. The second-order valence-electron chi connectivity index (χ2n) is 1.05. The average molecular weight is 97.1 g/mol. The van der Waals surface area contributed by atoms with E-state index in [4.69, 9.17) is 1.37 Å². The zero-order valence-corrected chi connectivity index (χ0v) is 3.55. The molecule has 0 aliphatic rings. The number of hydrogen-bond acceptors (Lipinski definition) is 2. The Bertz CT molecular complexity index is 228. The molecule has 1 aromatic heterocycles. The highest BCUT2D eigenvalue weighted by atomic mass is 16.4. The van der Waals surface area contributed by atoms with Crippen LogP contribution in [0.5, 0.6) is 0 Å². The van der Waals surface area contributed by atoms with E-state index in [-0.39, 0.29) is 6.04 Å². The van der Waals surface area contributed by atoms with Gasteiger partial charge < -0.3 is 4.42 Å². The Morgan fingerprint density at radius 3 is 3.14 bits per heavy atom. The van der Waals surface area contributed by atoms with Crippen molar-refractivity contribution in [2.75, 3.05) is 0 Å². The largest absolute Gasteiger partial charge is 0.431 e. The zero-order valence-electron chi connectivity index (χ0n) is 4.55. The third-order valence-corrected chi connectivity index (χ3v) is 0.550. The summed E-state index contributed by atoms with van der Waals surface area (Å²) in [6.45, 7) is 0. The van der Waals surface area contributed by atoms with Gasteiger partial charge in [0.25, 0.3) is 0 Å². The van der Waals surface area contributed by atoms with Gasteiger partial charge in [-0.25, -0.2) is 4.79 Å². The van der Waals surface area contributed by atoms with Crippen molar-refractivity contribution >= 4 is 0 Å². The van der Waals surface area contributed by atoms with Crippen molar-refractivity contribution in [3.05, 3.63) is 34.9 Å². The van der Waals surface area contributed by atoms with Crippen molar-refractivity contribution < 1.29 is 5.79 Å². The summed E-state index contributed by atoms with van der Waals surface area (Å²) in [7, 11) is 0. The molecule has 1 heterocycles. The van der Waals surface area contributed by atoms with E-state index in [0.29, 0.717) is 0 Å². The highest BCUT2D eigenvalue weighted by Crippen LogP contribution is 1.72. The fourth-order valence-electron chi connectivity index (χ4n) is 0.291. The topological polar surface area (TPSA) is 30.2 Å². The maximum atomic E-state index is 10.2. The molecule has 1 aromatic rings. The maximum Gasteiger partial charge on any atom is 0.335 e. The highest BCUT2D eigenvalue weighted by molar-refractivity contribution is 4.85. The van der Waals surface area contributed by atoms with Gasteiger partial charge in [-0.15, -0.1) is 0 Å². The van der Waals surface area contributed by atoms with Crippen LogP contribution in [0.3, 0.4) is 0 Å². The predicted molar refractivity (Wildman–Crippen MR) is 25.0 cm³/mol. The first kappa shape index (κ1) is 3.02. The minimum absolute atomic E-state index is 0.182. The lowest BCUT2D eigenvalue weighted by atomic mass is 10.5. The Balaban J connectivity index is 3.28. The quantitative estimate of drug-likeness (QED) is 0.475. The molecular formula is C5H4O2. The van der Waals surface area contributed by atoms with Gasteiger partial charge in [-0.3, -0.25) is 0 Å². The zero-order chi connectivity index (χ0) is 5.98. The molecule has 0 spiro atoms. The van der Waals surface area contributed by atoms with E-state index >= 15 is 0 Å². The molecule has 0 aliphatic carbocycles. The summed E-state index contributed by atoms with van der Waals surface area (Å²) in [6, 6.07) is 2.70. The fourth-order valence-corrected chi connectivity index (χ4v) is 0.291. The molecule has 0 bridgehead atoms. The standard InChI is InChI=1S/C5H4O2/c6-5-3-1-2-4-7-5/h1-4H/i1D. The van der Waals surface area contributed by atoms with Gasteiger partial charge in [0.15, 0.2) is 0 Å². The van der Waals surface area contributed by atoms with Gasteiger partial charge in [0.05, 0.1) is 7.63 Å². The van der Waals surface area contributed by atoms with E-state index in [0.717, 1.165) is 6.07 Å². The molecule has 2 heteroatoms. The summed E-state index contributed by atoms with van der Waals surface area (Å²) < 4.78 is 11.2. The van der Waals surface area contributed by atoms with Gasteiger partial charge >= 0.3 is 5.63 Å². The molecule has 0 aromatic carbocycles. The molecule has 0 radical (unpaired) electrons. The summed E-state index contributed by atoms with van der Waals surface area (Å²) in [6.07, 6.45) is 1.20. The molecule has 2 nitrogen and oxygen atoms in total. The lowest BCUT2D eigenvalue weighted by molar-refractivity contribution is 0.511. The summed E-state index contributed by atoms with van der Waals surface area (Å²) >= 11 is 0. The third-order valence-electron chi connectivity index (χ3n) is 0.550. The first-order valence-electron chi connectivity index (χ1n) is 2.34. The molecular weight excluding hydrogens is 92.1 g/mol. The van der Waals surface area contributed by atoms with Crippen molar-refractivity contribution in [2.24, 2.45) is 0 Å². The summed E-state index contributed by atoms with van der Waals surface area (Å²) in [5, 5.41) is 0. The van der Waals surface area contributed by atoms with Gasteiger partial charge in [-0.05, 0) is 6.07 Å². The van der Waals surface area contributed by atoms with Crippen LogP contribution in [0, 0.1) is 0 Å². The van der Waals surface area contributed by atoms with Gasteiger partial charge in [0.1, 0.15) is 0 Å². The van der Waals surface area contributed by atoms with Crippen LogP contribution in [0.1, 0.15) is 1.37 Å². The molecule has 36 valence electrons. The van der Waals surface area contributed by atoms with Gasteiger partial charge in [-0.2, -0.15) is 0 Å². The summed E-state index contributed by atoms with van der Waals surface area (Å²) in [5.74, 6) is 0. The molecule has 0 N–H and O–H groups in total. The Hall–Kier alpha value is -1.05. The minimum Gasteiger partial charge on any atom is -0.431 e. The van der Waals surface area contributed by atoms with Crippen LogP contribution in [0.25, 0.3) is 0 Å². The Kier molecular flexibility index (Phi) is 0.689. The molecule has 0 amide bonds. The fraction of sp³-hybridized carbons (Fsp3) is 0. The minimum atomic E-state index is -0.475. The van der Waals surface area contributed by atoms with Crippen molar-refractivity contribution in [1.82, 2.24) is 0 Å². The van der Waals surface area contributed by atoms with Crippen molar-refractivity contribution in [2.45, 2.75) is 0 Å². The molecule has 0 aliphatic heterocycles. The van der Waals surface area contributed by atoms with Gasteiger partial charge in [-0.1, -0.05) is 6.04 Å². The molecule has 0 unspecified atom stereocenters. The molecule has 7 heavy (non-hydrogen) atoms. The summed E-state index contributed by atoms with van der Waals surface area (Å²) in [4.78, 5) is 10.2. The van der Waals surface area contributed by atoms with Crippen LogP contribution < -0.4 is 5.63 Å². The van der Waals surface area contributed by atoms with E-state index in [9.17, 15) is 4.79 Å². The number of rotatable bonds is 0. The molecule has 0 saturated heterocycles. The first-order valence-corrected chi connectivity index (χ1v) is 1.84. The molecule has 0 fully saturated rings. The Labute approximate surface area is 41.8 Å². The van der Waals surface area contributed by atoms with Gasteiger partial charge in [0, 0.05) is 6.07 Å². The average Bonchev–Trinajstić information content (AvgIpc) is 1.64. The molecule has 0 saturated carbocycles. The SMILES string of the molecule is [2H]c1ccoc(=O)c1. The second kappa shape index (κ2) is 1.60. The van der Waals surface area contributed by atoms with E-state index in [1.165, 1.54) is 12.3 Å². The van der Waals surface area contributed by atoms with E-state index in [1.807, 2.05) is 0 Å². The van der Waals surface area contributed by atoms with Crippen LogP contribution in [0.4, 0.5) is 0 Å². The maximum absolute atomic E-state index is 10.2. The highest BCUT2D eigenvalue weighted by Gasteiger charge is 1.72. The van der Waals surface area contributed by atoms with Gasteiger partial charge in [0.2, 0.25) is 0 Å². The van der Waals surface area contributed by atoms with Crippen molar-refractivity contribution in [1.29, 1.82) is 0 Å². The Morgan fingerprint density at radius 1 is 1.86 bits per heavy atom. The molecule has 0 atom stereocenters. The smallest absolute Gasteiger partial charge is 0.335 e. The lowest BCUT2D eigenvalue weighted by Crippen LogP contribution is -1.90. The third kappa shape index (κ3) is 0.892. The predicted octanol–water partition coefficient (Wildman–Crippen LogP) is 0.640. The summed E-state index contributed by atoms with van der Waals surface area (Å²) in [5.41, 5.74) is -0.475. The van der Waals surface area contributed by atoms with Crippen molar-refractivity contribution in [3.8, 4) is 0 Å². The first-order chi connectivity index (χ1) is 3.79. The normalized spacial score (nSPS) is 10.6. The van der Waals surface area contributed by atoms with Crippen LogP contribution in [0.15, 0.2) is 33.7 Å². The van der Waals surface area contributed by atoms with Crippen LogP contribution >= 0.6 is 0 Å². The van der Waals surface area contributed by atoms with Crippen LogP contribution in [0.2, 0.25) is 0 Å². The number of hydrogen-bond donors (Lipinski definition) is 0. The lowest BCUT2D eigenvalue weighted by Gasteiger charge is -1.72. The van der Waals surface area contributed by atoms with E-state index < -0.39 is 5.63 Å². The van der Waals surface area contributed by atoms with Crippen LogP contribution in [-0.4, -0.2) is 0 Å². The van der Waals surface area contributed by atoms with E-state index in [1.54, 1.807) is 0 Å².